The SMILES string of the molecule is c1ccc(CCCC2CCN(Cc3ccccn3)CC2)cc1. The first-order chi connectivity index (χ1) is 10.9. The highest BCUT2D eigenvalue weighted by Crippen LogP contribution is 2.23. The van der Waals surface area contributed by atoms with Crippen LogP contribution in [0.5, 0.6) is 0 Å². The number of hydrogen-bond donors (Lipinski definition) is 0. The van der Waals surface area contributed by atoms with Crippen LogP contribution in [0.4, 0.5) is 0 Å². The van der Waals surface area contributed by atoms with Gasteiger partial charge in [0.1, 0.15) is 0 Å². The van der Waals surface area contributed by atoms with E-state index < -0.39 is 0 Å². The highest BCUT2D eigenvalue weighted by Gasteiger charge is 2.19. The van der Waals surface area contributed by atoms with Crippen molar-refractivity contribution in [1.82, 2.24) is 9.88 Å². The number of nitrogens with zero attached hydrogens (tertiary/aromatic N) is 2. The van der Waals surface area contributed by atoms with Crippen LogP contribution in [0.25, 0.3) is 0 Å². The molecule has 1 saturated heterocycles. The molecule has 116 valence electrons. The summed E-state index contributed by atoms with van der Waals surface area (Å²) in [5.41, 5.74) is 2.68. The van der Waals surface area contributed by atoms with Crippen LogP contribution in [-0.4, -0.2) is 23.0 Å². The molecule has 1 aromatic heterocycles. The number of piperidine rings is 1. The molecular formula is C20H26N2. The maximum atomic E-state index is 4.43. The Balaban J connectivity index is 1.35. The lowest BCUT2D eigenvalue weighted by Gasteiger charge is -2.31. The van der Waals surface area contributed by atoms with E-state index in [-0.39, 0.29) is 0 Å². The maximum Gasteiger partial charge on any atom is 0.0543 e. The predicted octanol–water partition coefficient (Wildman–Crippen LogP) is 4.32. The molecule has 0 aliphatic carbocycles. The monoisotopic (exact) mass is 294 g/mol. The van der Waals surface area contributed by atoms with Gasteiger partial charge in [0, 0.05) is 12.7 Å². The lowest BCUT2D eigenvalue weighted by atomic mass is 9.90. The third-order valence-corrected chi connectivity index (χ3v) is 4.74. The molecule has 0 spiro atoms. The molecule has 2 heteroatoms. The van der Waals surface area contributed by atoms with E-state index in [0.29, 0.717) is 0 Å². The van der Waals surface area contributed by atoms with Crippen molar-refractivity contribution in [2.75, 3.05) is 13.1 Å². The summed E-state index contributed by atoms with van der Waals surface area (Å²) in [7, 11) is 0. The van der Waals surface area contributed by atoms with Crippen molar-refractivity contribution in [3.63, 3.8) is 0 Å². The van der Waals surface area contributed by atoms with Gasteiger partial charge in [0.2, 0.25) is 0 Å². The van der Waals surface area contributed by atoms with Gasteiger partial charge in [0.15, 0.2) is 0 Å². The Labute approximate surface area is 134 Å². The number of benzene rings is 1. The third-order valence-electron chi connectivity index (χ3n) is 4.74. The Morgan fingerprint density at radius 1 is 0.955 bits per heavy atom. The van der Waals surface area contributed by atoms with Crippen molar-refractivity contribution in [3.8, 4) is 0 Å². The second-order valence-corrected chi connectivity index (χ2v) is 6.42. The summed E-state index contributed by atoms with van der Waals surface area (Å²) < 4.78 is 0. The van der Waals surface area contributed by atoms with E-state index in [1.54, 1.807) is 0 Å². The largest absolute Gasteiger partial charge is 0.297 e. The van der Waals surface area contributed by atoms with Crippen molar-refractivity contribution in [1.29, 1.82) is 0 Å². The molecule has 0 bridgehead atoms. The van der Waals surface area contributed by atoms with Crippen LogP contribution in [0.15, 0.2) is 54.7 Å². The Morgan fingerprint density at radius 2 is 1.73 bits per heavy atom. The summed E-state index contributed by atoms with van der Waals surface area (Å²) in [6.07, 6.45) is 8.53. The van der Waals surface area contributed by atoms with Gasteiger partial charge >= 0.3 is 0 Å². The topological polar surface area (TPSA) is 16.1 Å². The lowest BCUT2D eigenvalue weighted by molar-refractivity contribution is 0.169. The van der Waals surface area contributed by atoms with Crippen LogP contribution in [0, 0.1) is 5.92 Å². The summed E-state index contributed by atoms with van der Waals surface area (Å²) in [6.45, 7) is 3.47. The molecule has 0 atom stereocenters. The molecule has 1 aromatic carbocycles. The molecule has 2 heterocycles. The summed E-state index contributed by atoms with van der Waals surface area (Å²) in [6, 6.07) is 17.1. The zero-order chi connectivity index (χ0) is 15.0. The number of likely N-dealkylation sites (tertiary alicyclic amines) is 1. The molecule has 22 heavy (non-hydrogen) atoms. The first-order valence-corrected chi connectivity index (χ1v) is 8.56. The van der Waals surface area contributed by atoms with E-state index in [2.05, 4.69) is 52.3 Å². The van der Waals surface area contributed by atoms with Gasteiger partial charge in [0.05, 0.1) is 5.69 Å². The standard InChI is InChI=1S/C20H26N2/c1-2-7-18(8-3-1)9-6-10-19-12-15-22(16-13-19)17-20-11-4-5-14-21-20/h1-5,7-8,11,14,19H,6,9-10,12-13,15-17H2. The van der Waals surface area contributed by atoms with Gasteiger partial charge in [-0.15, -0.1) is 0 Å². The van der Waals surface area contributed by atoms with E-state index >= 15 is 0 Å². The van der Waals surface area contributed by atoms with Crippen molar-refractivity contribution in [3.05, 3.63) is 66.0 Å². The summed E-state index contributed by atoms with van der Waals surface area (Å²) >= 11 is 0. The minimum absolute atomic E-state index is 0.920. The van der Waals surface area contributed by atoms with E-state index in [1.165, 1.54) is 56.5 Å². The number of rotatable bonds is 6. The highest BCUT2D eigenvalue weighted by molar-refractivity contribution is 5.14. The summed E-state index contributed by atoms with van der Waals surface area (Å²) in [4.78, 5) is 6.98. The second-order valence-electron chi connectivity index (χ2n) is 6.42. The van der Waals surface area contributed by atoms with Crippen molar-refractivity contribution >= 4 is 0 Å². The zero-order valence-corrected chi connectivity index (χ0v) is 13.3. The average molecular weight is 294 g/mol. The Morgan fingerprint density at radius 3 is 2.45 bits per heavy atom. The van der Waals surface area contributed by atoms with E-state index in [4.69, 9.17) is 0 Å². The Bertz CT molecular complexity index is 530. The predicted molar refractivity (Wildman–Crippen MR) is 91.6 cm³/mol. The highest BCUT2D eigenvalue weighted by atomic mass is 15.1. The fourth-order valence-corrected chi connectivity index (χ4v) is 3.39. The fraction of sp³-hybridized carbons (Fsp3) is 0.450. The van der Waals surface area contributed by atoms with Crippen LogP contribution < -0.4 is 0 Å². The normalized spacial score (nSPS) is 16.7. The third kappa shape index (κ3) is 4.67. The van der Waals surface area contributed by atoms with Crippen molar-refractivity contribution < 1.29 is 0 Å². The van der Waals surface area contributed by atoms with Crippen LogP contribution in [0.3, 0.4) is 0 Å². The molecule has 1 fully saturated rings. The van der Waals surface area contributed by atoms with Gasteiger partial charge in [-0.3, -0.25) is 9.88 Å². The molecule has 0 saturated carbocycles. The first kappa shape index (κ1) is 15.2. The second kappa shape index (κ2) is 8.09. The first-order valence-electron chi connectivity index (χ1n) is 8.56. The minimum Gasteiger partial charge on any atom is -0.297 e. The van der Waals surface area contributed by atoms with Gasteiger partial charge in [0.25, 0.3) is 0 Å². The van der Waals surface area contributed by atoms with E-state index in [0.717, 1.165) is 12.5 Å². The van der Waals surface area contributed by atoms with Gasteiger partial charge in [-0.2, -0.15) is 0 Å². The summed E-state index contributed by atoms with van der Waals surface area (Å²) in [5.74, 6) is 0.920. The van der Waals surface area contributed by atoms with Crippen molar-refractivity contribution in [2.45, 2.75) is 38.6 Å². The van der Waals surface area contributed by atoms with Crippen LogP contribution >= 0.6 is 0 Å². The molecule has 1 aliphatic rings. The lowest BCUT2D eigenvalue weighted by Crippen LogP contribution is -2.33. The van der Waals surface area contributed by atoms with Crippen molar-refractivity contribution in [2.24, 2.45) is 5.92 Å². The molecule has 2 nitrogen and oxygen atoms in total. The summed E-state index contributed by atoms with van der Waals surface area (Å²) in [5, 5.41) is 0. The van der Waals surface area contributed by atoms with Crippen LogP contribution in [0.1, 0.15) is 36.9 Å². The number of pyridine rings is 1. The number of aryl methyl sites for hydroxylation is 1. The average Bonchev–Trinajstić information content (AvgIpc) is 2.58. The quantitative estimate of drug-likeness (QED) is 0.789. The number of hydrogen-bond acceptors (Lipinski definition) is 2. The molecule has 1 aliphatic heterocycles. The Kier molecular flexibility index (Phi) is 5.60. The van der Waals surface area contributed by atoms with Gasteiger partial charge in [-0.1, -0.05) is 42.8 Å². The maximum absolute atomic E-state index is 4.43. The molecule has 3 rings (SSSR count). The fourth-order valence-electron chi connectivity index (χ4n) is 3.39. The Hall–Kier alpha value is -1.67. The minimum atomic E-state index is 0.920. The molecular weight excluding hydrogens is 268 g/mol. The van der Waals surface area contributed by atoms with E-state index in [1.807, 2.05) is 12.3 Å². The molecule has 2 aromatic rings. The van der Waals surface area contributed by atoms with Crippen LogP contribution in [-0.2, 0) is 13.0 Å². The molecule has 0 unspecified atom stereocenters. The number of aromatic nitrogens is 1. The van der Waals surface area contributed by atoms with Gasteiger partial charge < -0.3 is 0 Å². The molecule has 0 radical (unpaired) electrons. The van der Waals surface area contributed by atoms with Crippen LogP contribution in [0.2, 0.25) is 0 Å². The van der Waals surface area contributed by atoms with Gasteiger partial charge in [-0.25, -0.2) is 0 Å². The molecule has 0 N–H and O–H groups in total. The zero-order valence-electron chi connectivity index (χ0n) is 13.3. The van der Waals surface area contributed by atoms with Gasteiger partial charge in [-0.05, 0) is 62.4 Å². The van der Waals surface area contributed by atoms with E-state index in [9.17, 15) is 0 Å². The smallest absolute Gasteiger partial charge is 0.0543 e. The molecule has 0 amide bonds.